The number of benzene rings is 2. The third-order valence-corrected chi connectivity index (χ3v) is 5.72. The molecule has 0 bridgehead atoms. The van der Waals surface area contributed by atoms with Crippen LogP contribution < -0.4 is 20.5 Å². The fraction of sp³-hybridized carbons (Fsp3) is 0.286. The predicted octanol–water partition coefficient (Wildman–Crippen LogP) is 1.45. The van der Waals surface area contributed by atoms with Gasteiger partial charge in [0, 0.05) is 6.54 Å². The van der Waals surface area contributed by atoms with Crippen LogP contribution in [0.15, 0.2) is 64.5 Å². The molecule has 0 radical (unpaired) electrons. The fourth-order valence-electron chi connectivity index (χ4n) is 2.64. The Hall–Kier alpha value is -3.80. The van der Waals surface area contributed by atoms with Crippen molar-refractivity contribution in [3.05, 3.63) is 60.2 Å². The zero-order chi connectivity index (χ0) is 24.3. The molecule has 11 nitrogen and oxygen atoms in total. The van der Waals surface area contributed by atoms with Gasteiger partial charge in [-0.1, -0.05) is 30.3 Å². The SMILES string of the molecule is COc1ccc(S(=O)(=O)NC(N)=NCCC[C@H](NC(=O)OCc2ccccc2)C(=O)O)cc1. The van der Waals surface area contributed by atoms with Crippen molar-refractivity contribution in [1.82, 2.24) is 10.0 Å². The number of carbonyl (C=O) groups is 2. The molecule has 0 saturated heterocycles. The number of guanidine groups is 1. The minimum Gasteiger partial charge on any atom is -0.497 e. The van der Waals surface area contributed by atoms with Gasteiger partial charge in [-0.05, 0) is 42.7 Å². The molecule has 1 atom stereocenters. The summed E-state index contributed by atoms with van der Waals surface area (Å²) >= 11 is 0. The summed E-state index contributed by atoms with van der Waals surface area (Å²) in [5, 5.41) is 11.6. The van der Waals surface area contributed by atoms with Crippen molar-refractivity contribution >= 4 is 28.0 Å². The summed E-state index contributed by atoms with van der Waals surface area (Å²) in [6.07, 6.45) is -0.597. The van der Waals surface area contributed by atoms with Crippen molar-refractivity contribution in [2.75, 3.05) is 13.7 Å². The van der Waals surface area contributed by atoms with Gasteiger partial charge in [0.25, 0.3) is 10.0 Å². The summed E-state index contributed by atoms with van der Waals surface area (Å²) in [6, 6.07) is 13.4. The number of ether oxygens (including phenoxy) is 2. The van der Waals surface area contributed by atoms with Crippen LogP contribution in [0.4, 0.5) is 4.79 Å². The lowest BCUT2D eigenvalue weighted by molar-refractivity contribution is -0.139. The van der Waals surface area contributed by atoms with Crippen LogP contribution in [0.2, 0.25) is 0 Å². The number of aliphatic imine (C=N–C) groups is 1. The maximum absolute atomic E-state index is 12.3. The first-order valence-electron chi connectivity index (χ1n) is 9.88. The number of nitrogens with two attached hydrogens (primary N) is 1. The number of carboxylic acids is 1. The Kier molecular flexibility index (Phi) is 9.48. The smallest absolute Gasteiger partial charge is 0.408 e. The summed E-state index contributed by atoms with van der Waals surface area (Å²) in [4.78, 5) is 27.1. The van der Waals surface area contributed by atoms with Crippen LogP contribution in [0.3, 0.4) is 0 Å². The van der Waals surface area contributed by atoms with Gasteiger partial charge in [0.05, 0.1) is 12.0 Å². The van der Waals surface area contributed by atoms with E-state index in [-0.39, 0.29) is 36.8 Å². The van der Waals surface area contributed by atoms with Gasteiger partial charge >= 0.3 is 12.1 Å². The van der Waals surface area contributed by atoms with Crippen molar-refractivity contribution in [2.45, 2.75) is 30.4 Å². The van der Waals surface area contributed by atoms with E-state index in [0.717, 1.165) is 5.56 Å². The number of carbonyl (C=O) groups excluding carboxylic acids is 1. The second kappa shape index (κ2) is 12.3. The van der Waals surface area contributed by atoms with Gasteiger partial charge < -0.3 is 25.6 Å². The molecular formula is C21H26N4O7S. The number of alkyl carbamates (subject to hydrolysis) is 1. The predicted molar refractivity (Wildman–Crippen MR) is 120 cm³/mol. The maximum atomic E-state index is 12.3. The van der Waals surface area contributed by atoms with Crippen LogP contribution in [-0.2, 0) is 26.2 Å². The Morgan fingerprint density at radius 2 is 1.79 bits per heavy atom. The molecule has 1 amide bonds. The van der Waals surface area contributed by atoms with Crippen molar-refractivity contribution in [1.29, 1.82) is 0 Å². The number of sulfonamides is 1. The van der Waals surface area contributed by atoms with E-state index in [0.29, 0.717) is 5.75 Å². The highest BCUT2D eigenvalue weighted by Crippen LogP contribution is 2.15. The van der Waals surface area contributed by atoms with Gasteiger partial charge in [0.1, 0.15) is 18.4 Å². The van der Waals surface area contributed by atoms with Crippen molar-refractivity contribution < 1.29 is 32.6 Å². The van der Waals surface area contributed by atoms with Crippen LogP contribution >= 0.6 is 0 Å². The van der Waals surface area contributed by atoms with Gasteiger partial charge in [-0.25, -0.2) is 22.7 Å². The first-order valence-corrected chi connectivity index (χ1v) is 11.4. The average molecular weight is 479 g/mol. The molecule has 12 heteroatoms. The molecule has 2 rings (SSSR count). The third kappa shape index (κ3) is 8.69. The number of hydrogen-bond acceptors (Lipinski definition) is 7. The number of carboxylic acid groups (broad SMARTS) is 1. The summed E-state index contributed by atoms with van der Waals surface area (Å²) in [7, 11) is -2.46. The van der Waals surface area contributed by atoms with Gasteiger partial charge in [-0.2, -0.15) is 0 Å². The topological polar surface area (TPSA) is 169 Å². The molecule has 178 valence electrons. The highest BCUT2D eigenvalue weighted by atomic mass is 32.2. The van der Waals surface area contributed by atoms with E-state index in [2.05, 4.69) is 15.0 Å². The van der Waals surface area contributed by atoms with E-state index in [4.69, 9.17) is 15.2 Å². The van der Waals surface area contributed by atoms with Crippen LogP contribution in [0.25, 0.3) is 0 Å². The average Bonchev–Trinajstić information content (AvgIpc) is 2.80. The van der Waals surface area contributed by atoms with E-state index in [1.165, 1.54) is 31.4 Å². The molecule has 0 aliphatic carbocycles. The quantitative estimate of drug-likeness (QED) is 0.214. The fourth-order valence-corrected chi connectivity index (χ4v) is 3.60. The molecule has 0 heterocycles. The van der Waals surface area contributed by atoms with E-state index in [1.54, 1.807) is 24.3 Å². The van der Waals surface area contributed by atoms with Gasteiger partial charge in [0.15, 0.2) is 0 Å². The van der Waals surface area contributed by atoms with Gasteiger partial charge in [0.2, 0.25) is 5.96 Å². The van der Waals surface area contributed by atoms with E-state index in [9.17, 15) is 23.1 Å². The van der Waals surface area contributed by atoms with Crippen LogP contribution in [0.5, 0.6) is 5.75 Å². The van der Waals surface area contributed by atoms with E-state index < -0.39 is 28.1 Å². The Labute approximate surface area is 191 Å². The molecule has 5 N–H and O–H groups in total. The number of aliphatic carboxylic acids is 1. The molecule has 0 spiro atoms. The third-order valence-electron chi connectivity index (χ3n) is 4.34. The minimum absolute atomic E-state index is 0.00811. The number of methoxy groups -OCH3 is 1. The molecule has 0 aliphatic heterocycles. The number of nitrogens with one attached hydrogen (secondary N) is 2. The van der Waals surface area contributed by atoms with Crippen molar-refractivity contribution in [3.8, 4) is 5.75 Å². The van der Waals surface area contributed by atoms with Gasteiger partial charge in [-0.15, -0.1) is 0 Å². The first kappa shape index (κ1) is 25.5. The van der Waals surface area contributed by atoms with E-state index in [1.807, 2.05) is 6.07 Å². The number of rotatable bonds is 11. The monoisotopic (exact) mass is 478 g/mol. The van der Waals surface area contributed by atoms with Crippen molar-refractivity contribution in [2.24, 2.45) is 10.7 Å². The molecule has 0 fully saturated rings. The Morgan fingerprint density at radius 1 is 1.12 bits per heavy atom. The molecule has 0 unspecified atom stereocenters. The van der Waals surface area contributed by atoms with Crippen LogP contribution in [0.1, 0.15) is 18.4 Å². The largest absolute Gasteiger partial charge is 0.497 e. The lowest BCUT2D eigenvalue weighted by Gasteiger charge is -2.14. The summed E-state index contributed by atoms with van der Waals surface area (Å²) in [5.74, 6) is -1.07. The normalized spacial score (nSPS) is 12.5. The lowest BCUT2D eigenvalue weighted by atomic mass is 10.1. The zero-order valence-electron chi connectivity index (χ0n) is 17.9. The van der Waals surface area contributed by atoms with Gasteiger partial charge in [-0.3, -0.25) is 4.99 Å². The molecule has 0 aromatic heterocycles. The molecule has 0 saturated carbocycles. The molecule has 2 aromatic carbocycles. The Bertz CT molecular complexity index is 1060. The van der Waals surface area contributed by atoms with Crippen LogP contribution in [0, 0.1) is 0 Å². The second-order valence-electron chi connectivity index (χ2n) is 6.79. The van der Waals surface area contributed by atoms with Crippen LogP contribution in [-0.4, -0.2) is 51.2 Å². The standard InChI is InChI=1S/C21H26N4O7S/c1-31-16-9-11-17(12-10-16)33(29,30)25-20(22)23-13-5-8-18(19(26)27)24-21(28)32-14-15-6-3-2-4-7-15/h2-4,6-7,9-12,18H,5,8,13-14H2,1H3,(H,24,28)(H,26,27)(H3,22,23,25)/t18-/m0/s1. The lowest BCUT2D eigenvalue weighted by Crippen LogP contribution is -2.41. The number of amides is 1. The minimum atomic E-state index is -3.93. The molecule has 33 heavy (non-hydrogen) atoms. The van der Waals surface area contributed by atoms with E-state index >= 15 is 0 Å². The highest BCUT2D eigenvalue weighted by Gasteiger charge is 2.20. The Morgan fingerprint density at radius 3 is 2.39 bits per heavy atom. The highest BCUT2D eigenvalue weighted by molar-refractivity contribution is 7.90. The summed E-state index contributed by atoms with van der Waals surface area (Å²) in [6.45, 7) is 0.0513. The number of hydrogen-bond donors (Lipinski definition) is 4. The summed E-state index contributed by atoms with van der Waals surface area (Å²) < 4.78 is 36.8. The first-order chi connectivity index (χ1) is 15.7. The van der Waals surface area contributed by atoms with Crippen molar-refractivity contribution in [3.63, 3.8) is 0 Å². The molecular weight excluding hydrogens is 452 g/mol. The Balaban J connectivity index is 1.80. The zero-order valence-corrected chi connectivity index (χ0v) is 18.7. The summed E-state index contributed by atoms with van der Waals surface area (Å²) in [5.41, 5.74) is 6.40. The maximum Gasteiger partial charge on any atom is 0.408 e. The number of nitrogens with zero attached hydrogens (tertiary/aromatic N) is 1. The molecule has 2 aromatic rings. The second-order valence-corrected chi connectivity index (χ2v) is 8.47. The molecule has 0 aliphatic rings.